The van der Waals surface area contributed by atoms with E-state index in [1.54, 1.807) is 18.3 Å². The summed E-state index contributed by atoms with van der Waals surface area (Å²) in [5.41, 5.74) is 11.4. The van der Waals surface area contributed by atoms with E-state index in [2.05, 4.69) is 26.9 Å². The summed E-state index contributed by atoms with van der Waals surface area (Å²) in [7, 11) is 0. The highest BCUT2D eigenvalue weighted by Crippen LogP contribution is 2.29. The topological polar surface area (TPSA) is 83.7 Å². The largest absolute Gasteiger partial charge is 0.397 e. The minimum atomic E-state index is -0.184. The Hall–Kier alpha value is -4.65. The molecule has 33 heavy (non-hydrogen) atoms. The number of nitrogen functional groups attached to an aromatic ring is 1. The quantitative estimate of drug-likeness (QED) is 0.425. The Morgan fingerprint density at radius 3 is 2.45 bits per heavy atom. The monoisotopic (exact) mass is 432 g/mol. The molecule has 0 atom stereocenters. The number of benzene rings is 3. The molecule has 0 aliphatic carbocycles. The molecule has 6 rings (SSSR count). The van der Waals surface area contributed by atoms with Gasteiger partial charge < -0.3 is 10.3 Å². The van der Waals surface area contributed by atoms with Gasteiger partial charge in [0.05, 0.1) is 28.1 Å². The minimum Gasteiger partial charge on any atom is -0.397 e. The molecular weight excluding hydrogens is 412 g/mol. The molecule has 3 aromatic carbocycles. The van der Waals surface area contributed by atoms with Gasteiger partial charge in [0, 0.05) is 30.5 Å². The van der Waals surface area contributed by atoms with Crippen LogP contribution in [-0.2, 0) is 6.54 Å². The Labute approximate surface area is 189 Å². The van der Waals surface area contributed by atoms with Gasteiger partial charge in [-0.3, -0.25) is 4.79 Å². The van der Waals surface area contributed by atoms with E-state index >= 15 is 0 Å². The molecule has 0 amide bonds. The summed E-state index contributed by atoms with van der Waals surface area (Å²) in [5.74, 6) is 0. The van der Waals surface area contributed by atoms with Crippen molar-refractivity contribution < 1.29 is 0 Å². The van der Waals surface area contributed by atoms with E-state index < -0.39 is 0 Å². The van der Waals surface area contributed by atoms with Gasteiger partial charge in [0.25, 0.3) is 5.56 Å². The molecule has 3 heterocycles. The molecule has 0 bridgehead atoms. The van der Waals surface area contributed by atoms with Gasteiger partial charge >= 0.3 is 0 Å². The molecule has 0 saturated heterocycles. The first-order valence-corrected chi connectivity index (χ1v) is 10.6. The van der Waals surface area contributed by atoms with Crippen molar-refractivity contribution in [1.82, 2.24) is 24.1 Å². The van der Waals surface area contributed by atoms with Crippen LogP contribution in [0.3, 0.4) is 0 Å². The molecule has 160 valence electrons. The lowest BCUT2D eigenvalue weighted by Gasteiger charge is -2.14. The first-order chi connectivity index (χ1) is 16.2. The van der Waals surface area contributed by atoms with Crippen molar-refractivity contribution in [1.29, 1.82) is 0 Å². The standard InChI is InChI=1S/C26H20N6O/c27-22-7-2-4-9-24(22)32-26(33)21-17-30(23-8-3-1-6-20(23)25(21)29-32)16-18-10-12-19(13-11-18)31-15-5-14-28-31/h1-15,17H,16,27H2. The lowest BCUT2D eigenvalue weighted by molar-refractivity contribution is 0.824. The number of hydrogen-bond acceptors (Lipinski definition) is 4. The van der Waals surface area contributed by atoms with Crippen LogP contribution in [0.4, 0.5) is 5.69 Å². The number of nitrogens with zero attached hydrogens (tertiary/aromatic N) is 5. The maximum Gasteiger partial charge on any atom is 0.282 e. The average molecular weight is 432 g/mol. The van der Waals surface area contributed by atoms with E-state index in [1.807, 2.05) is 71.7 Å². The predicted octanol–water partition coefficient (Wildman–Crippen LogP) is 4.11. The molecule has 0 spiro atoms. The maximum atomic E-state index is 13.3. The Morgan fingerprint density at radius 2 is 1.67 bits per heavy atom. The molecule has 2 aliphatic heterocycles. The second kappa shape index (κ2) is 7.49. The molecular formula is C26H20N6O. The van der Waals surface area contributed by atoms with Gasteiger partial charge in [-0.05, 0) is 42.0 Å². The summed E-state index contributed by atoms with van der Waals surface area (Å²) >= 11 is 0. The van der Waals surface area contributed by atoms with Crippen molar-refractivity contribution in [3.05, 3.63) is 113 Å². The third-order valence-electron chi connectivity index (χ3n) is 5.85. The molecule has 0 radical (unpaired) electrons. The SMILES string of the molecule is Nc1ccccc1-n1nc2c3ccccc3n(Cc3ccc(-n4cccn4)cc3)cc-2c1=O. The summed E-state index contributed by atoms with van der Waals surface area (Å²) in [6.45, 7) is 0.619. The lowest BCUT2D eigenvalue weighted by atomic mass is 10.1. The molecule has 7 nitrogen and oxygen atoms in total. The maximum absolute atomic E-state index is 13.3. The summed E-state index contributed by atoms with van der Waals surface area (Å²) < 4.78 is 5.32. The molecule has 1 aromatic heterocycles. The minimum absolute atomic E-state index is 0.184. The zero-order valence-corrected chi connectivity index (χ0v) is 17.7. The number of nitrogens with two attached hydrogens (primary N) is 1. The smallest absolute Gasteiger partial charge is 0.282 e. The van der Waals surface area contributed by atoms with Crippen LogP contribution in [0.2, 0.25) is 0 Å². The number of rotatable bonds is 4. The van der Waals surface area contributed by atoms with E-state index in [4.69, 9.17) is 5.73 Å². The van der Waals surface area contributed by atoms with Crippen LogP contribution in [-0.4, -0.2) is 24.1 Å². The highest BCUT2D eigenvalue weighted by Gasteiger charge is 2.21. The van der Waals surface area contributed by atoms with Crippen molar-refractivity contribution in [3.63, 3.8) is 0 Å². The summed E-state index contributed by atoms with van der Waals surface area (Å²) in [4.78, 5) is 13.3. The number of aromatic nitrogens is 5. The zero-order valence-electron chi connectivity index (χ0n) is 17.7. The third kappa shape index (κ3) is 3.18. The zero-order chi connectivity index (χ0) is 22.4. The molecule has 0 saturated carbocycles. The Bertz CT molecular complexity index is 1610. The average Bonchev–Trinajstić information content (AvgIpc) is 3.49. The van der Waals surface area contributed by atoms with Crippen molar-refractivity contribution in [2.24, 2.45) is 0 Å². The van der Waals surface area contributed by atoms with Gasteiger partial charge in [0.2, 0.25) is 0 Å². The summed E-state index contributed by atoms with van der Waals surface area (Å²) in [5, 5.41) is 9.86. The molecule has 2 aliphatic rings. The van der Waals surface area contributed by atoms with Crippen LogP contribution in [0, 0.1) is 0 Å². The van der Waals surface area contributed by atoms with Crippen LogP contribution in [0.5, 0.6) is 0 Å². The number of hydrogen-bond donors (Lipinski definition) is 1. The van der Waals surface area contributed by atoms with Crippen molar-refractivity contribution in [2.45, 2.75) is 6.54 Å². The van der Waals surface area contributed by atoms with E-state index in [-0.39, 0.29) is 5.56 Å². The lowest BCUT2D eigenvalue weighted by Crippen LogP contribution is -2.16. The van der Waals surface area contributed by atoms with Crippen LogP contribution in [0.15, 0.2) is 102 Å². The molecule has 0 unspecified atom stereocenters. The fraction of sp³-hybridized carbons (Fsp3) is 0.0385. The number of fused-ring (bicyclic) bond motifs is 3. The van der Waals surface area contributed by atoms with E-state index in [0.717, 1.165) is 22.2 Å². The van der Waals surface area contributed by atoms with Crippen LogP contribution < -0.4 is 11.3 Å². The first kappa shape index (κ1) is 19.1. The van der Waals surface area contributed by atoms with E-state index in [9.17, 15) is 4.79 Å². The number of pyridine rings is 1. The van der Waals surface area contributed by atoms with Gasteiger partial charge in [-0.2, -0.15) is 14.9 Å². The molecule has 2 N–H and O–H groups in total. The fourth-order valence-electron chi connectivity index (χ4n) is 4.23. The second-order valence-electron chi connectivity index (χ2n) is 7.93. The van der Waals surface area contributed by atoms with Crippen LogP contribution in [0.25, 0.3) is 33.5 Å². The summed E-state index contributed by atoms with van der Waals surface area (Å²) in [6.07, 6.45) is 5.57. The number of anilines is 1. The van der Waals surface area contributed by atoms with Gasteiger partial charge in [0.15, 0.2) is 0 Å². The fourth-order valence-corrected chi connectivity index (χ4v) is 4.23. The molecule has 0 fully saturated rings. The Balaban J connectivity index is 1.48. The molecule has 7 heteroatoms. The van der Waals surface area contributed by atoms with Crippen molar-refractivity contribution in [3.8, 4) is 22.6 Å². The first-order valence-electron chi connectivity index (χ1n) is 10.6. The highest BCUT2D eigenvalue weighted by atomic mass is 16.1. The van der Waals surface area contributed by atoms with Crippen LogP contribution >= 0.6 is 0 Å². The van der Waals surface area contributed by atoms with Gasteiger partial charge in [-0.1, -0.05) is 42.5 Å². The van der Waals surface area contributed by atoms with Gasteiger partial charge in [0.1, 0.15) is 5.69 Å². The van der Waals surface area contributed by atoms with Gasteiger partial charge in [-0.25, -0.2) is 4.68 Å². The van der Waals surface area contributed by atoms with E-state index in [1.165, 1.54) is 4.68 Å². The normalized spacial score (nSPS) is 11.4. The van der Waals surface area contributed by atoms with E-state index in [0.29, 0.717) is 29.2 Å². The van der Waals surface area contributed by atoms with Crippen molar-refractivity contribution in [2.75, 3.05) is 5.73 Å². The predicted molar refractivity (Wildman–Crippen MR) is 129 cm³/mol. The highest BCUT2D eigenvalue weighted by molar-refractivity contribution is 5.93. The number of para-hydroxylation sites is 3. The Kier molecular flexibility index (Phi) is 4.33. The second-order valence-corrected chi connectivity index (χ2v) is 7.93. The molecule has 4 aromatic rings. The summed E-state index contributed by atoms with van der Waals surface area (Å²) in [6, 6.07) is 25.4. The third-order valence-corrected chi connectivity index (χ3v) is 5.85. The van der Waals surface area contributed by atoms with Crippen molar-refractivity contribution >= 4 is 16.6 Å². The Morgan fingerprint density at radius 1 is 0.879 bits per heavy atom. The van der Waals surface area contributed by atoms with Gasteiger partial charge in [-0.15, -0.1) is 0 Å². The van der Waals surface area contributed by atoms with Crippen LogP contribution in [0.1, 0.15) is 5.56 Å².